The van der Waals surface area contributed by atoms with Gasteiger partial charge in [0, 0.05) is 23.9 Å². The Labute approximate surface area is 221 Å². The Morgan fingerprint density at radius 1 is 1.00 bits per heavy atom. The normalized spacial score (nSPS) is 12.7. The average Bonchev–Trinajstić information content (AvgIpc) is 3.06. The first-order chi connectivity index (χ1) is 18.4. The number of nitrogens with zero attached hydrogens (tertiary/aromatic N) is 2. The van der Waals surface area contributed by atoms with E-state index in [1.54, 1.807) is 29.3 Å². The van der Waals surface area contributed by atoms with E-state index >= 15 is 0 Å². The Morgan fingerprint density at radius 3 is 2.47 bits per heavy atom. The third kappa shape index (κ3) is 4.99. The lowest BCUT2D eigenvalue weighted by molar-refractivity contribution is 0.414. The summed E-state index contributed by atoms with van der Waals surface area (Å²) in [5, 5.41) is 21.2. The van der Waals surface area contributed by atoms with Crippen molar-refractivity contribution in [3.05, 3.63) is 108 Å². The maximum Gasteiger partial charge on any atom is 0.240 e. The van der Waals surface area contributed by atoms with Crippen LogP contribution in [0.3, 0.4) is 0 Å². The molecule has 0 aliphatic carbocycles. The van der Waals surface area contributed by atoms with Crippen LogP contribution in [-0.2, 0) is 16.4 Å². The summed E-state index contributed by atoms with van der Waals surface area (Å²) in [7, 11) is -2.11. The van der Waals surface area contributed by atoms with E-state index in [-0.39, 0.29) is 23.1 Å². The highest BCUT2D eigenvalue weighted by Crippen LogP contribution is 2.34. The molecule has 192 valence electrons. The van der Waals surface area contributed by atoms with Gasteiger partial charge in [-0.25, -0.2) is 18.1 Å². The number of methoxy groups -OCH3 is 1. The van der Waals surface area contributed by atoms with Crippen LogP contribution in [0, 0.1) is 10.8 Å². The van der Waals surface area contributed by atoms with E-state index in [0.29, 0.717) is 34.8 Å². The van der Waals surface area contributed by atoms with Gasteiger partial charge in [0.15, 0.2) is 5.82 Å². The Hall–Kier alpha value is -4.54. The first-order valence-corrected chi connectivity index (χ1v) is 13.4. The lowest BCUT2D eigenvalue weighted by Crippen LogP contribution is -2.36. The van der Waals surface area contributed by atoms with Crippen molar-refractivity contribution in [2.75, 3.05) is 23.9 Å². The molecule has 0 amide bonds. The van der Waals surface area contributed by atoms with Crippen LogP contribution < -0.4 is 19.7 Å². The van der Waals surface area contributed by atoms with Gasteiger partial charge < -0.3 is 10.1 Å². The van der Waals surface area contributed by atoms with Crippen molar-refractivity contribution < 1.29 is 13.2 Å². The summed E-state index contributed by atoms with van der Waals surface area (Å²) >= 11 is 0. The molecule has 1 aliphatic rings. The Kier molecular flexibility index (Phi) is 6.91. The predicted octanol–water partition coefficient (Wildman–Crippen LogP) is 4.53. The fraction of sp³-hybridized carbons (Fsp3) is 0.107. The number of rotatable bonds is 7. The number of hydrogen-bond acceptors (Lipinski definition) is 7. The van der Waals surface area contributed by atoms with Gasteiger partial charge in [0.2, 0.25) is 10.0 Å². The molecule has 4 aromatic rings. The molecule has 4 N–H and O–H groups in total. The fourth-order valence-corrected chi connectivity index (χ4v) is 5.23. The van der Waals surface area contributed by atoms with E-state index in [1.807, 2.05) is 54.6 Å². The topological polar surface area (TPSA) is 131 Å². The molecule has 0 saturated carbocycles. The summed E-state index contributed by atoms with van der Waals surface area (Å²) in [6, 6.07) is 24.6. The van der Waals surface area contributed by atoms with Crippen molar-refractivity contribution in [2.45, 2.75) is 11.3 Å². The van der Waals surface area contributed by atoms with E-state index < -0.39 is 10.0 Å². The molecule has 1 aromatic heterocycles. The second kappa shape index (κ2) is 10.4. The highest BCUT2D eigenvalue weighted by molar-refractivity contribution is 7.89. The van der Waals surface area contributed by atoms with Crippen LogP contribution in [0.5, 0.6) is 5.75 Å². The summed E-state index contributed by atoms with van der Waals surface area (Å²) in [5.74, 6) is 1.45. The van der Waals surface area contributed by atoms with Gasteiger partial charge in [0.05, 0.1) is 23.4 Å². The number of ether oxygens (including phenoxy) is 1. The molecule has 0 atom stereocenters. The molecule has 0 bridgehead atoms. The molecule has 2 heterocycles. The number of benzene rings is 3. The van der Waals surface area contributed by atoms with E-state index in [0.717, 1.165) is 11.3 Å². The van der Waals surface area contributed by atoms with Crippen molar-refractivity contribution >= 4 is 38.9 Å². The zero-order valence-corrected chi connectivity index (χ0v) is 21.4. The number of anilines is 3. The molecule has 0 radical (unpaired) electrons. The summed E-state index contributed by atoms with van der Waals surface area (Å²) in [5.41, 5.74) is 3.55. The van der Waals surface area contributed by atoms with Gasteiger partial charge in [-0.05, 0) is 60.5 Å². The standard InChI is InChI=1S/C28H26N6O3S/c1-37-21-12-14-22(15-13-21)38(35,36)32-18-16-19-8-10-20(11-9-19)26(29)34-25-7-4-17-31-28(25)33-24-6-3-2-5-23(24)27(34)30/h2-15,17,29-30,32H,16,18H2,1H3,(H,31,33). The summed E-state index contributed by atoms with van der Waals surface area (Å²) in [6.45, 7) is 0.226. The van der Waals surface area contributed by atoms with Gasteiger partial charge >= 0.3 is 0 Å². The van der Waals surface area contributed by atoms with Gasteiger partial charge in [-0.3, -0.25) is 15.7 Å². The SMILES string of the molecule is COc1ccc(S(=O)(=O)NCCc2ccc(C(=N)N3C(=N)c4ccccc4Nc4ncccc43)cc2)cc1. The van der Waals surface area contributed by atoms with Crippen molar-refractivity contribution in [3.63, 3.8) is 0 Å². The molecular weight excluding hydrogens is 500 g/mol. The lowest BCUT2D eigenvalue weighted by Gasteiger charge is -2.25. The minimum Gasteiger partial charge on any atom is -0.497 e. The van der Waals surface area contributed by atoms with Crippen LogP contribution >= 0.6 is 0 Å². The van der Waals surface area contributed by atoms with E-state index in [1.165, 1.54) is 19.2 Å². The molecule has 5 rings (SSSR count). The van der Waals surface area contributed by atoms with Gasteiger partial charge in [0.1, 0.15) is 17.4 Å². The third-order valence-electron chi connectivity index (χ3n) is 6.21. The number of aromatic nitrogens is 1. The summed E-state index contributed by atoms with van der Waals surface area (Å²) in [6.07, 6.45) is 2.15. The van der Waals surface area contributed by atoms with Crippen LogP contribution in [0.2, 0.25) is 0 Å². The monoisotopic (exact) mass is 526 g/mol. The zero-order chi connectivity index (χ0) is 26.7. The highest BCUT2D eigenvalue weighted by atomic mass is 32.2. The minimum absolute atomic E-state index is 0.134. The zero-order valence-electron chi connectivity index (χ0n) is 20.6. The summed E-state index contributed by atoms with van der Waals surface area (Å²) in [4.78, 5) is 6.17. The molecule has 0 unspecified atom stereocenters. The van der Waals surface area contributed by atoms with E-state index in [4.69, 9.17) is 15.6 Å². The molecule has 10 heteroatoms. The third-order valence-corrected chi connectivity index (χ3v) is 7.69. The molecule has 9 nitrogen and oxygen atoms in total. The van der Waals surface area contributed by atoms with Crippen molar-refractivity contribution in [1.29, 1.82) is 10.8 Å². The van der Waals surface area contributed by atoms with Crippen LogP contribution in [0.1, 0.15) is 16.7 Å². The highest BCUT2D eigenvalue weighted by Gasteiger charge is 2.28. The first-order valence-electron chi connectivity index (χ1n) is 11.9. The number of para-hydroxylation sites is 1. The molecule has 1 aliphatic heterocycles. The van der Waals surface area contributed by atoms with Crippen LogP contribution in [0.15, 0.2) is 96.0 Å². The van der Waals surface area contributed by atoms with Crippen LogP contribution in [0.25, 0.3) is 0 Å². The van der Waals surface area contributed by atoms with Gasteiger partial charge in [-0.1, -0.05) is 36.4 Å². The fourth-order valence-electron chi connectivity index (χ4n) is 4.20. The number of amidine groups is 2. The first kappa shape index (κ1) is 25.1. The Morgan fingerprint density at radius 2 is 1.74 bits per heavy atom. The predicted molar refractivity (Wildman–Crippen MR) is 148 cm³/mol. The summed E-state index contributed by atoms with van der Waals surface area (Å²) < 4.78 is 32.8. The lowest BCUT2D eigenvalue weighted by atomic mass is 10.1. The Bertz CT molecular complexity index is 1600. The quantitative estimate of drug-likeness (QED) is 0.207. The van der Waals surface area contributed by atoms with Crippen molar-refractivity contribution in [3.8, 4) is 5.75 Å². The second-order valence-electron chi connectivity index (χ2n) is 8.59. The molecule has 3 aromatic carbocycles. The van der Waals surface area contributed by atoms with Crippen LogP contribution in [-0.4, -0.2) is 38.7 Å². The van der Waals surface area contributed by atoms with Crippen LogP contribution in [0.4, 0.5) is 17.2 Å². The van der Waals surface area contributed by atoms with E-state index in [2.05, 4.69) is 15.0 Å². The largest absolute Gasteiger partial charge is 0.497 e. The van der Waals surface area contributed by atoms with Gasteiger partial charge in [0.25, 0.3) is 0 Å². The maximum atomic E-state index is 12.6. The average molecular weight is 527 g/mol. The molecule has 38 heavy (non-hydrogen) atoms. The number of sulfonamides is 1. The van der Waals surface area contributed by atoms with Crippen molar-refractivity contribution in [2.24, 2.45) is 0 Å². The van der Waals surface area contributed by atoms with Gasteiger partial charge in [-0.15, -0.1) is 0 Å². The second-order valence-corrected chi connectivity index (χ2v) is 10.4. The number of nitrogens with one attached hydrogen (secondary N) is 4. The Balaban J connectivity index is 1.30. The van der Waals surface area contributed by atoms with Crippen molar-refractivity contribution in [1.82, 2.24) is 9.71 Å². The number of hydrogen-bond donors (Lipinski definition) is 4. The molecule has 0 saturated heterocycles. The molecular formula is C28H26N6O3S. The molecule has 0 fully saturated rings. The van der Waals surface area contributed by atoms with Gasteiger partial charge in [-0.2, -0.15) is 0 Å². The minimum atomic E-state index is -3.64. The maximum absolute atomic E-state index is 12.6. The number of pyridine rings is 1. The van der Waals surface area contributed by atoms with E-state index in [9.17, 15) is 8.42 Å². The molecule has 0 spiro atoms. The smallest absolute Gasteiger partial charge is 0.240 e. The number of fused-ring (bicyclic) bond motifs is 2.